The number of nitrogens with two attached hydrogens (primary N) is 1. The predicted molar refractivity (Wildman–Crippen MR) is 56.0 cm³/mol. The molecule has 2 rings (SSSR count). The summed E-state index contributed by atoms with van der Waals surface area (Å²) in [6.07, 6.45) is 3.09. The van der Waals surface area contributed by atoms with Crippen molar-refractivity contribution in [2.75, 3.05) is 6.61 Å². The fourth-order valence-electron chi connectivity index (χ4n) is 1.47. The molecular formula is C11H12N2O2. The summed E-state index contributed by atoms with van der Waals surface area (Å²) < 4.78 is 5.21. The molecule has 0 radical (unpaired) electrons. The molecule has 4 nitrogen and oxygen atoms in total. The van der Waals surface area contributed by atoms with Gasteiger partial charge in [-0.25, -0.2) is 4.98 Å². The Morgan fingerprint density at radius 1 is 1.40 bits per heavy atom. The summed E-state index contributed by atoms with van der Waals surface area (Å²) in [6.45, 7) is -0.0995. The van der Waals surface area contributed by atoms with Gasteiger partial charge in [-0.2, -0.15) is 0 Å². The van der Waals surface area contributed by atoms with E-state index >= 15 is 0 Å². The molecular weight excluding hydrogens is 192 g/mol. The topological polar surface area (TPSA) is 72.3 Å². The van der Waals surface area contributed by atoms with Crippen LogP contribution in [0, 0.1) is 0 Å². The number of aliphatic hydroxyl groups is 1. The Kier molecular flexibility index (Phi) is 2.80. The number of aromatic nitrogens is 1. The highest BCUT2D eigenvalue weighted by Gasteiger charge is 2.13. The van der Waals surface area contributed by atoms with Crippen molar-refractivity contribution in [1.82, 2.24) is 4.98 Å². The lowest BCUT2D eigenvalue weighted by molar-refractivity contribution is 0.268. The van der Waals surface area contributed by atoms with Gasteiger partial charge in [0, 0.05) is 5.56 Å². The minimum absolute atomic E-state index is 0.0995. The molecule has 78 valence electrons. The number of hydrogen-bond donors (Lipinski definition) is 2. The smallest absolute Gasteiger partial charge is 0.226 e. The van der Waals surface area contributed by atoms with Crippen LogP contribution in [0.25, 0.3) is 11.5 Å². The Hall–Kier alpha value is -1.65. The number of hydrogen-bond acceptors (Lipinski definition) is 4. The molecule has 0 saturated carbocycles. The van der Waals surface area contributed by atoms with Crippen LogP contribution in [0.3, 0.4) is 0 Å². The third-order valence-electron chi connectivity index (χ3n) is 2.22. The maximum atomic E-state index is 9.03. The third-order valence-corrected chi connectivity index (χ3v) is 2.22. The van der Waals surface area contributed by atoms with Crippen LogP contribution in [0.5, 0.6) is 0 Å². The van der Waals surface area contributed by atoms with Gasteiger partial charge < -0.3 is 15.3 Å². The number of benzene rings is 1. The summed E-state index contributed by atoms with van der Waals surface area (Å²) in [5.74, 6) is 0.523. The van der Waals surface area contributed by atoms with Crippen LogP contribution in [-0.2, 0) is 0 Å². The molecule has 0 fully saturated rings. The second-order valence-electron chi connectivity index (χ2n) is 3.21. The molecule has 0 amide bonds. The van der Waals surface area contributed by atoms with E-state index in [0.29, 0.717) is 5.89 Å². The van der Waals surface area contributed by atoms with E-state index < -0.39 is 6.04 Å². The van der Waals surface area contributed by atoms with Gasteiger partial charge in [0.2, 0.25) is 5.89 Å². The zero-order valence-corrected chi connectivity index (χ0v) is 8.13. The number of aliphatic hydroxyl groups excluding tert-OH is 1. The Morgan fingerprint density at radius 3 is 2.87 bits per heavy atom. The van der Waals surface area contributed by atoms with Crippen LogP contribution in [0.15, 0.2) is 41.1 Å². The molecule has 0 aliphatic heterocycles. The second-order valence-corrected chi connectivity index (χ2v) is 3.21. The van der Waals surface area contributed by atoms with E-state index in [2.05, 4.69) is 4.98 Å². The van der Waals surface area contributed by atoms with Crippen LogP contribution < -0.4 is 5.73 Å². The molecule has 3 N–H and O–H groups in total. The molecule has 2 aromatic rings. The predicted octanol–water partition coefficient (Wildman–Crippen LogP) is 1.33. The van der Waals surface area contributed by atoms with Gasteiger partial charge in [0.15, 0.2) is 0 Å². The van der Waals surface area contributed by atoms with Crippen molar-refractivity contribution in [3.63, 3.8) is 0 Å². The van der Waals surface area contributed by atoms with E-state index in [4.69, 9.17) is 15.3 Å². The Labute approximate surface area is 87.4 Å². The van der Waals surface area contributed by atoms with Crippen molar-refractivity contribution >= 4 is 0 Å². The van der Waals surface area contributed by atoms with Crippen molar-refractivity contribution in [3.8, 4) is 11.5 Å². The summed E-state index contributed by atoms with van der Waals surface area (Å²) in [4.78, 5) is 4.06. The van der Waals surface area contributed by atoms with Crippen molar-refractivity contribution < 1.29 is 9.52 Å². The van der Waals surface area contributed by atoms with Gasteiger partial charge in [0.05, 0.1) is 18.8 Å². The average molecular weight is 204 g/mol. The summed E-state index contributed by atoms with van der Waals surface area (Å²) in [6, 6.07) is 7.08. The highest BCUT2D eigenvalue weighted by Crippen LogP contribution is 2.25. The van der Waals surface area contributed by atoms with Crippen molar-refractivity contribution in [3.05, 3.63) is 42.3 Å². The summed E-state index contributed by atoms with van der Waals surface area (Å²) in [5, 5.41) is 9.03. The SMILES string of the molecule is NC(CO)c1ccccc1-c1ncco1. The summed E-state index contributed by atoms with van der Waals surface area (Å²) >= 11 is 0. The van der Waals surface area contributed by atoms with E-state index in [1.807, 2.05) is 24.3 Å². The molecule has 15 heavy (non-hydrogen) atoms. The lowest BCUT2D eigenvalue weighted by Crippen LogP contribution is -2.15. The fourth-order valence-corrected chi connectivity index (χ4v) is 1.47. The van der Waals surface area contributed by atoms with Gasteiger partial charge in [-0.05, 0) is 11.6 Å². The van der Waals surface area contributed by atoms with Crippen LogP contribution in [0.4, 0.5) is 0 Å². The molecule has 0 saturated heterocycles. The first kappa shape index (κ1) is 9.89. The second kappa shape index (κ2) is 4.25. The molecule has 0 aliphatic carbocycles. The molecule has 1 aromatic carbocycles. The molecule has 0 bridgehead atoms. The Bertz CT molecular complexity index is 426. The third kappa shape index (κ3) is 1.91. The highest BCUT2D eigenvalue weighted by molar-refractivity contribution is 5.59. The highest BCUT2D eigenvalue weighted by atomic mass is 16.3. The van der Waals surface area contributed by atoms with E-state index in [9.17, 15) is 0 Å². The maximum Gasteiger partial charge on any atom is 0.226 e. The average Bonchev–Trinajstić information content (AvgIpc) is 2.81. The normalized spacial score (nSPS) is 12.7. The van der Waals surface area contributed by atoms with Crippen molar-refractivity contribution in [1.29, 1.82) is 0 Å². The minimum atomic E-state index is -0.409. The maximum absolute atomic E-state index is 9.03. The zero-order chi connectivity index (χ0) is 10.7. The lowest BCUT2D eigenvalue weighted by atomic mass is 10.0. The van der Waals surface area contributed by atoms with Gasteiger partial charge in [-0.1, -0.05) is 18.2 Å². The largest absolute Gasteiger partial charge is 0.445 e. The van der Waals surface area contributed by atoms with Crippen molar-refractivity contribution in [2.24, 2.45) is 5.73 Å². The van der Waals surface area contributed by atoms with E-state index in [1.165, 1.54) is 6.26 Å². The molecule has 1 heterocycles. The first-order chi connectivity index (χ1) is 7.33. The Balaban J connectivity index is 2.47. The Morgan fingerprint density at radius 2 is 2.20 bits per heavy atom. The zero-order valence-electron chi connectivity index (χ0n) is 8.13. The van der Waals surface area contributed by atoms with E-state index in [-0.39, 0.29) is 6.61 Å². The van der Waals surface area contributed by atoms with Crippen LogP contribution in [0.2, 0.25) is 0 Å². The van der Waals surface area contributed by atoms with Gasteiger partial charge in [0.1, 0.15) is 6.26 Å². The molecule has 0 aliphatic rings. The van der Waals surface area contributed by atoms with Gasteiger partial charge in [-0.15, -0.1) is 0 Å². The van der Waals surface area contributed by atoms with E-state index in [1.54, 1.807) is 6.20 Å². The van der Waals surface area contributed by atoms with Crippen molar-refractivity contribution in [2.45, 2.75) is 6.04 Å². The van der Waals surface area contributed by atoms with E-state index in [0.717, 1.165) is 11.1 Å². The van der Waals surface area contributed by atoms with Gasteiger partial charge >= 0.3 is 0 Å². The molecule has 1 atom stereocenters. The minimum Gasteiger partial charge on any atom is -0.445 e. The summed E-state index contributed by atoms with van der Waals surface area (Å²) in [5.41, 5.74) is 7.44. The monoisotopic (exact) mass is 204 g/mol. The number of oxazole rings is 1. The standard InChI is InChI=1S/C11H12N2O2/c12-10(7-14)8-3-1-2-4-9(8)11-13-5-6-15-11/h1-6,10,14H,7,12H2. The quantitative estimate of drug-likeness (QED) is 0.791. The lowest BCUT2D eigenvalue weighted by Gasteiger charge is -2.11. The van der Waals surface area contributed by atoms with Gasteiger partial charge in [-0.3, -0.25) is 0 Å². The fraction of sp³-hybridized carbons (Fsp3) is 0.182. The molecule has 4 heteroatoms. The molecule has 0 spiro atoms. The number of rotatable bonds is 3. The number of nitrogens with zero attached hydrogens (tertiary/aromatic N) is 1. The van der Waals surface area contributed by atoms with Crippen LogP contribution >= 0.6 is 0 Å². The van der Waals surface area contributed by atoms with Crippen LogP contribution in [-0.4, -0.2) is 16.7 Å². The molecule has 1 unspecified atom stereocenters. The molecule has 1 aromatic heterocycles. The summed E-state index contributed by atoms with van der Waals surface area (Å²) in [7, 11) is 0. The first-order valence-corrected chi connectivity index (χ1v) is 4.68. The first-order valence-electron chi connectivity index (χ1n) is 4.68. The van der Waals surface area contributed by atoms with Gasteiger partial charge in [0.25, 0.3) is 0 Å². The van der Waals surface area contributed by atoms with Crippen LogP contribution in [0.1, 0.15) is 11.6 Å².